The molecular weight excluding hydrogens is 294 g/mol. The normalized spacial score (nSPS) is 23.2. The number of ether oxygens (including phenoxy) is 1. The minimum absolute atomic E-state index is 0.153. The summed E-state index contributed by atoms with van der Waals surface area (Å²) in [6.07, 6.45) is 1.38. The van der Waals surface area contributed by atoms with Crippen LogP contribution in [0.5, 0.6) is 0 Å². The topological polar surface area (TPSA) is 87.7 Å². The van der Waals surface area contributed by atoms with Crippen molar-refractivity contribution in [1.29, 1.82) is 0 Å². The Morgan fingerprint density at radius 1 is 1.48 bits per heavy atom. The van der Waals surface area contributed by atoms with Gasteiger partial charge in [0.1, 0.15) is 6.17 Å². The molecule has 3 rings (SSSR count). The van der Waals surface area contributed by atoms with Crippen molar-refractivity contribution in [3.05, 3.63) is 23.8 Å². The third kappa shape index (κ3) is 2.39. The van der Waals surface area contributed by atoms with Crippen LogP contribution in [0.2, 0.25) is 0 Å². The molecule has 0 aliphatic carbocycles. The number of rotatable bonds is 2. The molecule has 0 spiro atoms. The molecule has 2 aliphatic heterocycles. The lowest BCUT2D eigenvalue weighted by molar-refractivity contribution is 0.122. The van der Waals surface area contributed by atoms with E-state index in [1.165, 1.54) is 7.11 Å². The number of nitrogens with zero attached hydrogens (tertiary/aromatic N) is 1. The highest BCUT2D eigenvalue weighted by atomic mass is 32.2. The molecule has 114 valence electrons. The lowest BCUT2D eigenvalue weighted by atomic mass is 9.98. The average Bonchev–Trinajstić information content (AvgIpc) is 2.96. The Labute approximate surface area is 123 Å². The highest BCUT2D eigenvalue weighted by Crippen LogP contribution is 2.46. The van der Waals surface area contributed by atoms with Crippen molar-refractivity contribution in [3.8, 4) is 0 Å². The molecule has 21 heavy (non-hydrogen) atoms. The van der Waals surface area contributed by atoms with Gasteiger partial charge in [0, 0.05) is 12.5 Å². The Kier molecular flexibility index (Phi) is 3.20. The number of nitrogens with one attached hydrogen (secondary N) is 2. The van der Waals surface area contributed by atoms with Crippen LogP contribution in [0.4, 0.5) is 16.2 Å². The van der Waals surface area contributed by atoms with E-state index in [9.17, 15) is 13.2 Å². The Hall–Kier alpha value is -1.96. The van der Waals surface area contributed by atoms with Gasteiger partial charge in [0.25, 0.3) is 0 Å². The van der Waals surface area contributed by atoms with Crippen LogP contribution in [0.3, 0.4) is 0 Å². The van der Waals surface area contributed by atoms with Crippen LogP contribution in [-0.4, -0.2) is 45.5 Å². The largest absolute Gasteiger partial charge is 0.453 e. The minimum Gasteiger partial charge on any atom is -0.453 e. The number of amides is 1. The van der Waals surface area contributed by atoms with Gasteiger partial charge in [-0.2, -0.15) is 0 Å². The second-order valence-corrected chi connectivity index (χ2v) is 7.04. The van der Waals surface area contributed by atoms with Crippen molar-refractivity contribution in [1.82, 2.24) is 4.90 Å². The second kappa shape index (κ2) is 4.80. The SMILES string of the molecule is COC(=O)N1CC[C@@H]2c3cccc(NS(C)(=O)=O)c3N[C@H]21. The summed E-state index contributed by atoms with van der Waals surface area (Å²) in [5, 5.41) is 3.25. The highest BCUT2D eigenvalue weighted by Gasteiger charge is 2.44. The number of sulfonamides is 1. The van der Waals surface area contributed by atoms with E-state index < -0.39 is 10.0 Å². The first-order valence-corrected chi connectivity index (χ1v) is 8.51. The van der Waals surface area contributed by atoms with E-state index in [2.05, 4.69) is 10.0 Å². The standard InChI is InChI=1S/C13H17N3O4S/c1-20-13(17)16-7-6-9-8-4-3-5-10(15-21(2,18)19)11(8)14-12(9)16/h3-5,9,12,14-15H,6-7H2,1-2H3/t9-,12+/m1/s1. The summed E-state index contributed by atoms with van der Waals surface area (Å²) in [5.41, 5.74) is 2.28. The molecule has 0 unspecified atom stereocenters. The summed E-state index contributed by atoms with van der Waals surface area (Å²) in [4.78, 5) is 13.4. The number of fused-ring (bicyclic) bond motifs is 3. The minimum atomic E-state index is -3.35. The smallest absolute Gasteiger partial charge is 0.411 e. The average molecular weight is 311 g/mol. The molecule has 2 atom stereocenters. The number of carbonyl (C=O) groups is 1. The fraction of sp³-hybridized carbons (Fsp3) is 0.462. The summed E-state index contributed by atoms with van der Waals surface area (Å²) in [7, 11) is -2.00. The van der Waals surface area contributed by atoms with Crippen molar-refractivity contribution in [3.63, 3.8) is 0 Å². The van der Waals surface area contributed by atoms with Crippen LogP contribution in [0.1, 0.15) is 17.9 Å². The number of benzene rings is 1. The van der Waals surface area contributed by atoms with Gasteiger partial charge in [0.2, 0.25) is 10.0 Å². The molecule has 1 aromatic rings. The fourth-order valence-corrected chi connectivity index (χ4v) is 3.66. The van der Waals surface area contributed by atoms with Crippen LogP contribution >= 0.6 is 0 Å². The highest BCUT2D eigenvalue weighted by molar-refractivity contribution is 7.92. The monoisotopic (exact) mass is 311 g/mol. The van der Waals surface area contributed by atoms with Crippen LogP contribution in [0.15, 0.2) is 18.2 Å². The fourth-order valence-electron chi connectivity index (χ4n) is 3.09. The number of hydrogen-bond acceptors (Lipinski definition) is 5. The number of para-hydroxylation sites is 1. The Morgan fingerprint density at radius 3 is 2.90 bits per heavy atom. The number of methoxy groups -OCH3 is 1. The molecule has 1 amide bonds. The summed E-state index contributed by atoms with van der Waals surface area (Å²) in [5.74, 6) is 0.153. The number of anilines is 2. The van der Waals surface area contributed by atoms with Crippen LogP contribution in [-0.2, 0) is 14.8 Å². The third-order valence-electron chi connectivity index (χ3n) is 3.89. The third-order valence-corrected chi connectivity index (χ3v) is 4.48. The van der Waals surface area contributed by atoms with Crippen LogP contribution in [0.25, 0.3) is 0 Å². The van der Waals surface area contributed by atoms with Crippen LogP contribution in [0, 0.1) is 0 Å². The van der Waals surface area contributed by atoms with Gasteiger partial charge in [0.05, 0.1) is 24.7 Å². The van der Waals surface area contributed by atoms with Crippen molar-refractivity contribution in [2.75, 3.05) is 29.9 Å². The van der Waals surface area contributed by atoms with E-state index in [4.69, 9.17) is 4.74 Å². The maximum absolute atomic E-state index is 11.8. The van der Waals surface area contributed by atoms with Gasteiger partial charge in [-0.3, -0.25) is 9.62 Å². The first kappa shape index (κ1) is 14.0. The summed E-state index contributed by atoms with van der Waals surface area (Å²) in [6.45, 7) is 0.623. The maximum atomic E-state index is 11.8. The molecule has 2 aliphatic rings. The summed E-state index contributed by atoms with van der Waals surface area (Å²) < 4.78 is 30.2. The molecule has 0 saturated carbocycles. The van der Waals surface area contributed by atoms with Gasteiger partial charge in [-0.25, -0.2) is 13.2 Å². The zero-order valence-electron chi connectivity index (χ0n) is 11.8. The molecule has 8 heteroatoms. The van der Waals surface area contributed by atoms with Crippen molar-refractivity contribution in [2.45, 2.75) is 18.5 Å². The molecule has 1 aromatic carbocycles. The molecule has 0 bridgehead atoms. The lowest BCUT2D eigenvalue weighted by Gasteiger charge is -2.23. The van der Waals surface area contributed by atoms with Gasteiger partial charge in [0.15, 0.2) is 0 Å². The van der Waals surface area contributed by atoms with Gasteiger partial charge in [-0.05, 0) is 18.1 Å². The van der Waals surface area contributed by atoms with E-state index in [1.54, 1.807) is 11.0 Å². The first-order valence-electron chi connectivity index (χ1n) is 6.62. The van der Waals surface area contributed by atoms with Gasteiger partial charge in [-0.1, -0.05) is 12.1 Å². The molecule has 2 N–H and O–H groups in total. The predicted molar refractivity (Wildman–Crippen MR) is 78.8 cm³/mol. The lowest BCUT2D eigenvalue weighted by Crippen LogP contribution is -2.40. The first-order chi connectivity index (χ1) is 9.90. The maximum Gasteiger partial charge on any atom is 0.411 e. The summed E-state index contributed by atoms with van der Waals surface area (Å²) in [6, 6.07) is 5.48. The van der Waals surface area contributed by atoms with E-state index in [1.807, 2.05) is 12.1 Å². The van der Waals surface area contributed by atoms with Gasteiger partial charge < -0.3 is 10.1 Å². The van der Waals surface area contributed by atoms with Crippen molar-refractivity contribution < 1.29 is 17.9 Å². The predicted octanol–water partition coefficient (Wildman–Crippen LogP) is 1.37. The zero-order valence-corrected chi connectivity index (χ0v) is 12.6. The Morgan fingerprint density at radius 2 is 2.24 bits per heavy atom. The van der Waals surface area contributed by atoms with Crippen molar-refractivity contribution in [2.24, 2.45) is 0 Å². The number of likely N-dealkylation sites (tertiary alicyclic amines) is 1. The zero-order chi connectivity index (χ0) is 15.2. The van der Waals surface area contributed by atoms with Crippen LogP contribution < -0.4 is 10.0 Å². The van der Waals surface area contributed by atoms with E-state index >= 15 is 0 Å². The Balaban J connectivity index is 1.94. The number of hydrogen-bond donors (Lipinski definition) is 2. The molecule has 1 saturated heterocycles. The molecule has 1 fully saturated rings. The van der Waals surface area contributed by atoms with E-state index in [-0.39, 0.29) is 18.2 Å². The molecule has 0 aromatic heterocycles. The Bertz CT molecular complexity index is 689. The summed E-state index contributed by atoms with van der Waals surface area (Å²) >= 11 is 0. The molecule has 0 radical (unpaired) electrons. The molecule has 7 nitrogen and oxygen atoms in total. The second-order valence-electron chi connectivity index (χ2n) is 5.29. The van der Waals surface area contributed by atoms with Gasteiger partial charge >= 0.3 is 6.09 Å². The van der Waals surface area contributed by atoms with E-state index in [0.29, 0.717) is 12.2 Å². The molecular formula is C13H17N3O4S. The number of carbonyl (C=O) groups excluding carboxylic acids is 1. The van der Waals surface area contributed by atoms with Gasteiger partial charge in [-0.15, -0.1) is 0 Å². The van der Waals surface area contributed by atoms with Crippen molar-refractivity contribution >= 4 is 27.5 Å². The quantitative estimate of drug-likeness (QED) is 0.861. The van der Waals surface area contributed by atoms with E-state index in [0.717, 1.165) is 23.9 Å². The molecule has 2 heterocycles.